The largest absolute Gasteiger partial charge is 0.379 e. The van der Waals surface area contributed by atoms with Crippen LogP contribution < -0.4 is 0 Å². The van der Waals surface area contributed by atoms with Crippen LogP contribution in [0.5, 0.6) is 0 Å². The maximum absolute atomic E-state index is 12.6. The molecule has 114 valence electrons. The lowest BCUT2D eigenvalue weighted by Crippen LogP contribution is -2.51. The Morgan fingerprint density at radius 2 is 2.24 bits per heavy atom. The molecule has 2 fully saturated rings. The minimum atomic E-state index is 0.0517. The molecule has 21 heavy (non-hydrogen) atoms. The molecular weight excluding hydrogens is 268 g/mol. The van der Waals surface area contributed by atoms with Crippen molar-refractivity contribution in [1.29, 1.82) is 0 Å². The number of hydrogen-bond donors (Lipinski definition) is 0. The van der Waals surface area contributed by atoms with Crippen LogP contribution in [-0.4, -0.2) is 72.3 Å². The van der Waals surface area contributed by atoms with E-state index in [2.05, 4.69) is 22.1 Å². The molecule has 0 radical (unpaired) electrons. The Labute approximate surface area is 125 Å². The molecule has 0 saturated carbocycles. The topological polar surface area (TPSA) is 58.6 Å². The SMILES string of the molecule is CN1CCOCC2(CCCN(C(=O)c3ccnnc3)C2)C1. The van der Waals surface area contributed by atoms with Gasteiger partial charge in [0.15, 0.2) is 0 Å². The molecule has 3 rings (SSSR count). The predicted octanol–water partition coefficient (Wildman–Crippen LogP) is 0.661. The van der Waals surface area contributed by atoms with Gasteiger partial charge in [0, 0.05) is 31.6 Å². The van der Waals surface area contributed by atoms with E-state index in [0.717, 1.165) is 52.2 Å². The molecule has 2 aliphatic heterocycles. The molecule has 0 N–H and O–H groups in total. The van der Waals surface area contributed by atoms with Crippen molar-refractivity contribution in [3.8, 4) is 0 Å². The first-order valence-electron chi connectivity index (χ1n) is 7.51. The van der Waals surface area contributed by atoms with Crippen molar-refractivity contribution in [3.63, 3.8) is 0 Å². The molecule has 0 aromatic carbocycles. The molecule has 1 unspecified atom stereocenters. The van der Waals surface area contributed by atoms with Gasteiger partial charge in [-0.1, -0.05) is 0 Å². The van der Waals surface area contributed by atoms with E-state index in [4.69, 9.17) is 4.74 Å². The van der Waals surface area contributed by atoms with Crippen molar-refractivity contribution in [1.82, 2.24) is 20.0 Å². The smallest absolute Gasteiger partial charge is 0.255 e. The zero-order valence-corrected chi connectivity index (χ0v) is 12.5. The number of carbonyl (C=O) groups is 1. The van der Waals surface area contributed by atoms with Gasteiger partial charge in [0.1, 0.15) is 0 Å². The highest BCUT2D eigenvalue weighted by Gasteiger charge is 2.39. The zero-order chi connectivity index (χ0) is 14.7. The maximum atomic E-state index is 12.6. The maximum Gasteiger partial charge on any atom is 0.255 e. The van der Waals surface area contributed by atoms with Crippen molar-refractivity contribution in [2.24, 2.45) is 5.41 Å². The number of likely N-dealkylation sites (tertiary alicyclic amines) is 1. The highest BCUT2D eigenvalue weighted by Crippen LogP contribution is 2.33. The summed E-state index contributed by atoms with van der Waals surface area (Å²) in [4.78, 5) is 16.9. The van der Waals surface area contributed by atoms with Gasteiger partial charge in [-0.05, 0) is 26.0 Å². The van der Waals surface area contributed by atoms with Gasteiger partial charge in [-0.3, -0.25) is 4.79 Å². The van der Waals surface area contributed by atoms with Gasteiger partial charge >= 0.3 is 0 Å². The van der Waals surface area contributed by atoms with Gasteiger partial charge in [-0.2, -0.15) is 10.2 Å². The number of amides is 1. The number of aromatic nitrogens is 2. The summed E-state index contributed by atoms with van der Waals surface area (Å²) < 4.78 is 5.79. The van der Waals surface area contributed by atoms with Crippen molar-refractivity contribution in [2.45, 2.75) is 12.8 Å². The van der Waals surface area contributed by atoms with Crippen LogP contribution in [0, 0.1) is 5.41 Å². The molecule has 1 spiro atoms. The molecular formula is C15H22N4O2. The second-order valence-electron chi connectivity index (χ2n) is 6.25. The molecule has 1 aromatic heterocycles. The van der Waals surface area contributed by atoms with Crippen LogP contribution in [0.2, 0.25) is 0 Å². The lowest BCUT2D eigenvalue weighted by atomic mass is 9.80. The zero-order valence-electron chi connectivity index (χ0n) is 12.5. The lowest BCUT2D eigenvalue weighted by molar-refractivity contribution is 0.00858. The van der Waals surface area contributed by atoms with Gasteiger partial charge in [-0.25, -0.2) is 0 Å². The Balaban J connectivity index is 1.74. The Hall–Kier alpha value is -1.53. The number of piperidine rings is 1. The van der Waals surface area contributed by atoms with Crippen LogP contribution in [0.3, 0.4) is 0 Å². The summed E-state index contributed by atoms with van der Waals surface area (Å²) in [6.45, 7) is 5.05. The third-order valence-corrected chi connectivity index (χ3v) is 4.41. The number of rotatable bonds is 1. The molecule has 1 aromatic rings. The summed E-state index contributed by atoms with van der Waals surface area (Å²) in [6.07, 6.45) is 5.26. The van der Waals surface area contributed by atoms with E-state index in [9.17, 15) is 4.79 Å². The summed E-state index contributed by atoms with van der Waals surface area (Å²) in [5, 5.41) is 7.53. The third-order valence-electron chi connectivity index (χ3n) is 4.41. The lowest BCUT2D eigenvalue weighted by Gasteiger charge is -2.43. The van der Waals surface area contributed by atoms with Crippen LogP contribution in [0.25, 0.3) is 0 Å². The third kappa shape index (κ3) is 3.22. The molecule has 1 atom stereocenters. The number of likely N-dealkylation sites (N-methyl/N-ethyl adjacent to an activating group) is 1. The molecule has 1 amide bonds. The normalized spacial score (nSPS) is 27.6. The predicted molar refractivity (Wildman–Crippen MR) is 77.9 cm³/mol. The first kappa shape index (κ1) is 14.4. The fourth-order valence-electron chi connectivity index (χ4n) is 3.43. The molecule has 0 bridgehead atoms. The van der Waals surface area contributed by atoms with Gasteiger partial charge < -0.3 is 14.5 Å². The van der Waals surface area contributed by atoms with Gasteiger partial charge in [0.25, 0.3) is 5.91 Å². The fourth-order valence-corrected chi connectivity index (χ4v) is 3.43. The standard InChI is InChI=1S/C15H22N4O2/c1-18-7-8-21-12-15(10-18)4-2-6-19(11-15)14(20)13-3-5-16-17-9-13/h3,5,9H,2,4,6-8,10-12H2,1H3. The average Bonchev–Trinajstić information content (AvgIpc) is 2.69. The van der Waals surface area contributed by atoms with Gasteiger partial charge in [-0.15, -0.1) is 0 Å². The molecule has 3 heterocycles. The first-order valence-corrected chi connectivity index (χ1v) is 7.51. The van der Waals surface area contributed by atoms with Crippen molar-refractivity contribution < 1.29 is 9.53 Å². The number of carbonyl (C=O) groups excluding carboxylic acids is 1. The van der Waals surface area contributed by atoms with Crippen LogP contribution in [-0.2, 0) is 4.74 Å². The summed E-state index contributed by atoms with van der Waals surface area (Å²) in [6, 6.07) is 1.73. The summed E-state index contributed by atoms with van der Waals surface area (Å²) in [5.74, 6) is 0.0517. The van der Waals surface area contributed by atoms with Crippen molar-refractivity contribution in [2.75, 3.05) is 46.4 Å². The van der Waals surface area contributed by atoms with E-state index in [1.807, 2.05) is 4.90 Å². The molecule has 0 aliphatic carbocycles. The number of nitrogens with zero attached hydrogens (tertiary/aromatic N) is 4. The summed E-state index contributed by atoms with van der Waals surface area (Å²) >= 11 is 0. The molecule has 6 heteroatoms. The Kier molecular flexibility index (Phi) is 4.17. The molecule has 2 saturated heterocycles. The Bertz CT molecular complexity index is 496. The minimum Gasteiger partial charge on any atom is -0.379 e. The molecule has 2 aliphatic rings. The van der Waals surface area contributed by atoms with Crippen LogP contribution >= 0.6 is 0 Å². The van der Waals surface area contributed by atoms with Gasteiger partial charge in [0.05, 0.1) is 31.2 Å². The highest BCUT2D eigenvalue weighted by atomic mass is 16.5. The van der Waals surface area contributed by atoms with E-state index in [1.54, 1.807) is 18.5 Å². The first-order chi connectivity index (χ1) is 10.2. The quantitative estimate of drug-likeness (QED) is 0.760. The second-order valence-corrected chi connectivity index (χ2v) is 6.25. The summed E-state index contributed by atoms with van der Waals surface area (Å²) in [7, 11) is 2.13. The van der Waals surface area contributed by atoms with E-state index in [0.29, 0.717) is 5.56 Å². The highest BCUT2D eigenvalue weighted by molar-refractivity contribution is 5.93. The van der Waals surface area contributed by atoms with Gasteiger partial charge in [0.2, 0.25) is 0 Å². The second kappa shape index (κ2) is 6.07. The number of ether oxygens (including phenoxy) is 1. The van der Waals surface area contributed by atoms with Crippen LogP contribution in [0.4, 0.5) is 0 Å². The fraction of sp³-hybridized carbons (Fsp3) is 0.667. The molecule has 6 nitrogen and oxygen atoms in total. The van der Waals surface area contributed by atoms with Crippen LogP contribution in [0.15, 0.2) is 18.5 Å². The summed E-state index contributed by atoms with van der Waals surface area (Å²) in [5.41, 5.74) is 0.685. The number of hydrogen-bond acceptors (Lipinski definition) is 5. The average molecular weight is 290 g/mol. The Morgan fingerprint density at radius 1 is 1.33 bits per heavy atom. The monoisotopic (exact) mass is 290 g/mol. The van der Waals surface area contributed by atoms with Crippen LogP contribution in [0.1, 0.15) is 23.2 Å². The van der Waals surface area contributed by atoms with E-state index in [1.165, 1.54) is 0 Å². The van der Waals surface area contributed by atoms with Crippen molar-refractivity contribution in [3.05, 3.63) is 24.0 Å². The van der Waals surface area contributed by atoms with Crippen molar-refractivity contribution >= 4 is 5.91 Å². The Morgan fingerprint density at radius 3 is 3.05 bits per heavy atom. The van der Waals surface area contributed by atoms with E-state index >= 15 is 0 Å². The van der Waals surface area contributed by atoms with E-state index < -0.39 is 0 Å². The minimum absolute atomic E-state index is 0.0517. The van der Waals surface area contributed by atoms with E-state index in [-0.39, 0.29) is 11.3 Å².